The molecule has 0 amide bonds. The first kappa shape index (κ1) is 17.7. The maximum absolute atomic E-state index is 5.72. The van der Waals surface area contributed by atoms with Crippen molar-refractivity contribution < 1.29 is 4.74 Å². The number of hydrogen-bond acceptors (Lipinski definition) is 5. The summed E-state index contributed by atoms with van der Waals surface area (Å²) in [4.78, 5) is 13.5. The Bertz CT molecular complexity index is 431. The number of aryl methyl sites for hydroxylation is 1. The lowest BCUT2D eigenvalue weighted by Crippen LogP contribution is -2.26. The molecule has 0 aromatic carbocycles. The van der Waals surface area contributed by atoms with Crippen LogP contribution in [0, 0.1) is 6.92 Å². The second kappa shape index (κ2) is 8.82. The Morgan fingerprint density at radius 2 is 1.71 bits per heavy atom. The van der Waals surface area contributed by atoms with Crippen LogP contribution in [0.25, 0.3) is 0 Å². The van der Waals surface area contributed by atoms with Crippen molar-refractivity contribution in [2.75, 3.05) is 45.2 Å². The van der Waals surface area contributed by atoms with Gasteiger partial charge in [0.15, 0.2) is 0 Å². The lowest BCUT2D eigenvalue weighted by molar-refractivity contribution is 0.245. The minimum Gasteiger partial charge on any atom is -0.462 e. The fourth-order valence-electron chi connectivity index (χ4n) is 2.27. The molecule has 0 aliphatic heterocycles. The Hall–Kier alpha value is -1.36. The zero-order valence-electron chi connectivity index (χ0n) is 14.4. The Kier molecular flexibility index (Phi) is 7.43. The number of ether oxygens (including phenoxy) is 1. The minimum atomic E-state index is 0.496. The lowest BCUT2D eigenvalue weighted by atomic mass is 10.1. The number of nitrogens with zero attached hydrogens (tertiary/aromatic N) is 4. The molecule has 1 heterocycles. The van der Waals surface area contributed by atoms with Crippen molar-refractivity contribution in [3.8, 4) is 6.01 Å². The van der Waals surface area contributed by atoms with Gasteiger partial charge in [0.05, 0.1) is 0 Å². The summed E-state index contributed by atoms with van der Waals surface area (Å²) in [6.07, 6.45) is 2.11. The predicted octanol–water partition coefficient (Wildman–Crippen LogP) is 2.52. The van der Waals surface area contributed by atoms with E-state index < -0.39 is 0 Å². The molecule has 0 aliphatic carbocycles. The molecule has 5 heteroatoms. The summed E-state index contributed by atoms with van der Waals surface area (Å²) in [5.41, 5.74) is 2.29. The van der Waals surface area contributed by atoms with E-state index in [0.29, 0.717) is 12.6 Å². The Balaban J connectivity index is 3.02. The van der Waals surface area contributed by atoms with Gasteiger partial charge >= 0.3 is 6.01 Å². The number of rotatable bonds is 9. The second-order valence-electron chi connectivity index (χ2n) is 5.47. The first-order valence-electron chi connectivity index (χ1n) is 7.93. The fourth-order valence-corrected chi connectivity index (χ4v) is 2.27. The molecule has 0 saturated carbocycles. The highest BCUT2D eigenvalue weighted by molar-refractivity contribution is 5.49. The summed E-state index contributed by atoms with van der Waals surface area (Å²) in [7, 11) is 4.06. The average Bonchev–Trinajstić information content (AvgIpc) is 2.43. The first-order valence-corrected chi connectivity index (χ1v) is 7.93. The third kappa shape index (κ3) is 5.16. The van der Waals surface area contributed by atoms with Crippen molar-refractivity contribution in [2.24, 2.45) is 0 Å². The molecule has 21 heavy (non-hydrogen) atoms. The van der Waals surface area contributed by atoms with E-state index in [1.165, 1.54) is 5.56 Å². The Morgan fingerprint density at radius 3 is 2.24 bits per heavy atom. The first-order chi connectivity index (χ1) is 10.0. The van der Waals surface area contributed by atoms with Crippen molar-refractivity contribution in [2.45, 2.75) is 40.5 Å². The molecule has 120 valence electrons. The lowest BCUT2D eigenvalue weighted by Gasteiger charge is -2.24. The van der Waals surface area contributed by atoms with Crippen LogP contribution in [0.3, 0.4) is 0 Å². The number of likely N-dealkylation sites (N-methyl/N-ethyl adjacent to an activating group) is 1. The maximum atomic E-state index is 5.72. The second-order valence-corrected chi connectivity index (χ2v) is 5.47. The molecule has 0 radical (unpaired) electrons. The van der Waals surface area contributed by atoms with E-state index in [2.05, 4.69) is 47.5 Å². The van der Waals surface area contributed by atoms with Gasteiger partial charge in [0, 0.05) is 30.9 Å². The molecule has 1 rings (SSSR count). The maximum Gasteiger partial charge on any atom is 0.318 e. The van der Waals surface area contributed by atoms with E-state index in [1.54, 1.807) is 0 Å². The molecule has 0 N–H and O–H groups in total. The summed E-state index contributed by atoms with van der Waals surface area (Å²) in [6, 6.07) is 0.496. The van der Waals surface area contributed by atoms with E-state index >= 15 is 0 Å². The van der Waals surface area contributed by atoms with Crippen molar-refractivity contribution in [1.82, 2.24) is 14.9 Å². The highest BCUT2D eigenvalue weighted by atomic mass is 16.5. The number of aromatic nitrogens is 2. The van der Waals surface area contributed by atoms with E-state index in [4.69, 9.17) is 4.74 Å². The molecule has 1 aromatic rings. The Labute approximate surface area is 129 Å². The molecule has 0 fully saturated rings. The van der Waals surface area contributed by atoms with Gasteiger partial charge in [-0.1, -0.05) is 13.3 Å². The molecule has 1 aromatic heterocycles. The van der Waals surface area contributed by atoms with Gasteiger partial charge < -0.3 is 14.5 Å². The van der Waals surface area contributed by atoms with Gasteiger partial charge in [0.1, 0.15) is 12.4 Å². The van der Waals surface area contributed by atoms with Crippen LogP contribution < -0.4 is 9.64 Å². The molecular weight excluding hydrogens is 264 g/mol. The van der Waals surface area contributed by atoms with Gasteiger partial charge in [-0.2, -0.15) is 4.98 Å². The van der Waals surface area contributed by atoms with Crippen LogP contribution in [-0.2, 0) is 6.42 Å². The highest BCUT2D eigenvalue weighted by Crippen LogP contribution is 2.24. The standard InChI is InChI=1S/C16H30N4O/c1-7-10-14-13(4)17-16(21-12-11-19(5)6)18-15(14)20(8-2)9-3/h7-12H2,1-6H3. The van der Waals surface area contributed by atoms with E-state index in [9.17, 15) is 0 Å². The average molecular weight is 294 g/mol. The van der Waals surface area contributed by atoms with Crippen LogP contribution in [0.2, 0.25) is 0 Å². The van der Waals surface area contributed by atoms with E-state index in [0.717, 1.165) is 44.0 Å². The summed E-state index contributed by atoms with van der Waals surface area (Å²) >= 11 is 0. The molecule has 0 bridgehead atoms. The van der Waals surface area contributed by atoms with E-state index in [1.807, 2.05) is 14.1 Å². The molecule has 0 saturated heterocycles. The van der Waals surface area contributed by atoms with Gasteiger partial charge in [-0.3, -0.25) is 0 Å². The fraction of sp³-hybridized carbons (Fsp3) is 0.750. The van der Waals surface area contributed by atoms with Crippen LogP contribution >= 0.6 is 0 Å². The van der Waals surface area contributed by atoms with Gasteiger partial charge in [0.25, 0.3) is 0 Å². The smallest absolute Gasteiger partial charge is 0.318 e. The summed E-state index contributed by atoms with van der Waals surface area (Å²) < 4.78 is 5.72. The van der Waals surface area contributed by atoms with Gasteiger partial charge in [0.2, 0.25) is 0 Å². The molecule has 0 unspecified atom stereocenters. The van der Waals surface area contributed by atoms with Gasteiger partial charge in [-0.15, -0.1) is 0 Å². The summed E-state index contributed by atoms with van der Waals surface area (Å²) in [5.74, 6) is 1.04. The highest BCUT2D eigenvalue weighted by Gasteiger charge is 2.16. The number of anilines is 1. The third-order valence-electron chi connectivity index (χ3n) is 3.50. The van der Waals surface area contributed by atoms with Gasteiger partial charge in [-0.25, -0.2) is 4.98 Å². The van der Waals surface area contributed by atoms with Crippen LogP contribution in [0.15, 0.2) is 0 Å². The van der Waals surface area contributed by atoms with E-state index in [-0.39, 0.29) is 0 Å². The largest absolute Gasteiger partial charge is 0.462 e. The van der Waals surface area contributed by atoms with Crippen LogP contribution in [-0.4, -0.2) is 55.2 Å². The SMILES string of the molecule is CCCc1c(C)nc(OCCN(C)C)nc1N(CC)CC. The molecule has 0 aliphatic rings. The van der Waals surface area contributed by atoms with Crippen molar-refractivity contribution in [1.29, 1.82) is 0 Å². The zero-order valence-corrected chi connectivity index (χ0v) is 14.4. The zero-order chi connectivity index (χ0) is 15.8. The van der Waals surface area contributed by atoms with Crippen molar-refractivity contribution in [3.05, 3.63) is 11.3 Å². The Morgan fingerprint density at radius 1 is 1.05 bits per heavy atom. The monoisotopic (exact) mass is 294 g/mol. The molecule has 5 nitrogen and oxygen atoms in total. The quantitative estimate of drug-likeness (QED) is 0.700. The minimum absolute atomic E-state index is 0.496. The molecular formula is C16H30N4O. The topological polar surface area (TPSA) is 41.5 Å². The van der Waals surface area contributed by atoms with Crippen LogP contribution in [0.5, 0.6) is 6.01 Å². The van der Waals surface area contributed by atoms with Gasteiger partial charge in [-0.05, 0) is 41.3 Å². The van der Waals surface area contributed by atoms with Crippen molar-refractivity contribution >= 4 is 5.82 Å². The van der Waals surface area contributed by atoms with Crippen LogP contribution in [0.4, 0.5) is 5.82 Å². The normalized spacial score (nSPS) is 11.0. The number of hydrogen-bond donors (Lipinski definition) is 0. The summed E-state index contributed by atoms with van der Waals surface area (Å²) in [5, 5.41) is 0. The summed E-state index contributed by atoms with van der Waals surface area (Å²) in [6.45, 7) is 11.9. The third-order valence-corrected chi connectivity index (χ3v) is 3.50. The predicted molar refractivity (Wildman–Crippen MR) is 88.4 cm³/mol. The molecule has 0 atom stereocenters. The van der Waals surface area contributed by atoms with Crippen molar-refractivity contribution in [3.63, 3.8) is 0 Å². The van der Waals surface area contributed by atoms with Crippen LogP contribution in [0.1, 0.15) is 38.4 Å². The molecule has 0 spiro atoms.